The predicted molar refractivity (Wildman–Crippen MR) is 113 cm³/mol. The lowest BCUT2D eigenvalue weighted by atomic mass is 9.97. The van der Waals surface area contributed by atoms with E-state index in [1.54, 1.807) is 14.2 Å². The Labute approximate surface area is 174 Å². The highest BCUT2D eigenvalue weighted by Gasteiger charge is 2.28. The number of nitrogens with one attached hydrogen (secondary N) is 1. The van der Waals surface area contributed by atoms with E-state index in [0.717, 1.165) is 42.1 Å². The Kier molecular flexibility index (Phi) is 5.83. The average Bonchev–Trinajstić information content (AvgIpc) is 3.30. The van der Waals surface area contributed by atoms with Gasteiger partial charge in [0.15, 0.2) is 0 Å². The quantitative estimate of drug-likeness (QED) is 0.666. The van der Waals surface area contributed by atoms with Crippen molar-refractivity contribution in [2.24, 2.45) is 5.92 Å². The Morgan fingerprint density at radius 2 is 1.73 bits per heavy atom. The number of methoxy groups -OCH3 is 2. The third-order valence-electron chi connectivity index (χ3n) is 5.18. The molecule has 0 radical (unpaired) electrons. The van der Waals surface area contributed by atoms with Gasteiger partial charge in [0.25, 0.3) is 0 Å². The van der Waals surface area contributed by atoms with E-state index in [9.17, 15) is 4.79 Å². The van der Waals surface area contributed by atoms with Crippen molar-refractivity contribution in [3.05, 3.63) is 48.5 Å². The number of aromatic nitrogens is 2. The number of rotatable bonds is 6. The van der Waals surface area contributed by atoms with Crippen LogP contribution in [0.5, 0.6) is 11.5 Å². The standard InChI is InChI=1S/C22H24N4O4/c1-28-18-9-5-15(6-10-18)20-24-22(30-25-20)26-13-3-4-16(14-26)21(27)23-17-7-11-19(29-2)12-8-17/h5-12,16H,3-4,13-14H2,1-2H3,(H,23,27)/t16-/m1/s1. The lowest BCUT2D eigenvalue weighted by Gasteiger charge is -2.30. The molecule has 8 heteroatoms. The van der Waals surface area contributed by atoms with Gasteiger partial charge in [-0.3, -0.25) is 4.79 Å². The monoisotopic (exact) mass is 408 g/mol. The Hall–Kier alpha value is -3.55. The minimum atomic E-state index is -0.155. The second-order valence-corrected chi connectivity index (χ2v) is 7.13. The van der Waals surface area contributed by atoms with Crippen LogP contribution in [0.25, 0.3) is 11.4 Å². The van der Waals surface area contributed by atoms with E-state index in [1.165, 1.54) is 0 Å². The van der Waals surface area contributed by atoms with Crippen LogP contribution in [0.4, 0.5) is 11.7 Å². The molecule has 2 heterocycles. The molecule has 0 aliphatic carbocycles. The molecule has 156 valence electrons. The van der Waals surface area contributed by atoms with Gasteiger partial charge in [0, 0.05) is 24.3 Å². The topological polar surface area (TPSA) is 89.7 Å². The van der Waals surface area contributed by atoms with Gasteiger partial charge in [-0.2, -0.15) is 4.98 Å². The highest BCUT2D eigenvalue weighted by molar-refractivity contribution is 5.93. The van der Waals surface area contributed by atoms with Crippen LogP contribution in [-0.4, -0.2) is 43.4 Å². The average molecular weight is 408 g/mol. The highest BCUT2D eigenvalue weighted by Crippen LogP contribution is 2.26. The van der Waals surface area contributed by atoms with Crippen molar-refractivity contribution < 1.29 is 18.8 Å². The van der Waals surface area contributed by atoms with E-state index in [-0.39, 0.29) is 11.8 Å². The summed E-state index contributed by atoms with van der Waals surface area (Å²) in [5.74, 6) is 1.86. The molecule has 1 aliphatic rings. The number of piperidine rings is 1. The molecular weight excluding hydrogens is 384 g/mol. The summed E-state index contributed by atoms with van der Waals surface area (Å²) in [6, 6.07) is 15.2. The second kappa shape index (κ2) is 8.86. The molecular formula is C22H24N4O4. The van der Waals surface area contributed by atoms with Crippen LogP contribution in [0, 0.1) is 5.92 Å². The van der Waals surface area contributed by atoms with E-state index < -0.39 is 0 Å². The predicted octanol–water partition coefficient (Wildman–Crippen LogP) is 3.61. The molecule has 1 atom stereocenters. The maximum absolute atomic E-state index is 12.7. The first kappa shape index (κ1) is 19.8. The fourth-order valence-corrected chi connectivity index (χ4v) is 3.48. The zero-order valence-corrected chi connectivity index (χ0v) is 17.0. The Morgan fingerprint density at radius 3 is 2.40 bits per heavy atom. The number of hydrogen-bond donors (Lipinski definition) is 1. The van der Waals surface area contributed by atoms with Crippen LogP contribution in [0.1, 0.15) is 12.8 Å². The van der Waals surface area contributed by atoms with Gasteiger partial charge in [0.1, 0.15) is 11.5 Å². The van der Waals surface area contributed by atoms with Crippen molar-refractivity contribution in [1.29, 1.82) is 0 Å². The largest absolute Gasteiger partial charge is 0.497 e. The fourth-order valence-electron chi connectivity index (χ4n) is 3.48. The molecule has 30 heavy (non-hydrogen) atoms. The lowest BCUT2D eigenvalue weighted by molar-refractivity contribution is -0.120. The summed E-state index contributed by atoms with van der Waals surface area (Å²) < 4.78 is 15.8. The number of hydrogen-bond acceptors (Lipinski definition) is 7. The van der Waals surface area contributed by atoms with Crippen LogP contribution in [0.2, 0.25) is 0 Å². The minimum Gasteiger partial charge on any atom is -0.497 e. The third-order valence-corrected chi connectivity index (χ3v) is 5.18. The van der Waals surface area contributed by atoms with Crippen LogP contribution in [-0.2, 0) is 4.79 Å². The van der Waals surface area contributed by atoms with Crippen molar-refractivity contribution in [1.82, 2.24) is 10.1 Å². The summed E-state index contributed by atoms with van der Waals surface area (Å²) in [6.07, 6.45) is 1.69. The molecule has 1 aromatic heterocycles. The molecule has 0 bridgehead atoms. The number of carbonyl (C=O) groups is 1. The van der Waals surface area contributed by atoms with E-state index in [4.69, 9.17) is 14.0 Å². The molecule has 2 aromatic carbocycles. The van der Waals surface area contributed by atoms with Crippen molar-refractivity contribution in [2.75, 3.05) is 37.5 Å². The van der Waals surface area contributed by atoms with Gasteiger partial charge in [-0.15, -0.1) is 0 Å². The maximum Gasteiger partial charge on any atom is 0.324 e. The second-order valence-electron chi connectivity index (χ2n) is 7.13. The van der Waals surface area contributed by atoms with Crippen molar-refractivity contribution in [2.45, 2.75) is 12.8 Å². The van der Waals surface area contributed by atoms with Gasteiger partial charge in [0.2, 0.25) is 11.7 Å². The fraction of sp³-hybridized carbons (Fsp3) is 0.318. The number of benzene rings is 2. The summed E-state index contributed by atoms with van der Waals surface area (Å²) in [5, 5.41) is 7.07. The summed E-state index contributed by atoms with van der Waals surface area (Å²) >= 11 is 0. The van der Waals surface area contributed by atoms with E-state index >= 15 is 0 Å². The van der Waals surface area contributed by atoms with Gasteiger partial charge in [-0.25, -0.2) is 0 Å². The first-order valence-corrected chi connectivity index (χ1v) is 9.84. The molecule has 0 unspecified atom stereocenters. The highest BCUT2D eigenvalue weighted by atomic mass is 16.5. The third kappa shape index (κ3) is 4.37. The van der Waals surface area contributed by atoms with Crippen LogP contribution in [0.15, 0.2) is 53.1 Å². The summed E-state index contributed by atoms with van der Waals surface area (Å²) in [4.78, 5) is 19.2. The smallest absolute Gasteiger partial charge is 0.324 e. The molecule has 1 amide bonds. The summed E-state index contributed by atoms with van der Waals surface area (Å²) in [6.45, 7) is 1.31. The molecule has 1 aliphatic heterocycles. The molecule has 0 saturated carbocycles. The normalized spacial score (nSPS) is 16.2. The van der Waals surface area contributed by atoms with Crippen molar-refractivity contribution in [3.63, 3.8) is 0 Å². The van der Waals surface area contributed by atoms with Crippen molar-refractivity contribution >= 4 is 17.6 Å². The van der Waals surface area contributed by atoms with Gasteiger partial charge >= 0.3 is 6.01 Å². The molecule has 3 aromatic rings. The van der Waals surface area contributed by atoms with E-state index in [0.29, 0.717) is 18.4 Å². The zero-order valence-electron chi connectivity index (χ0n) is 17.0. The number of amides is 1. The number of nitrogens with zero attached hydrogens (tertiary/aromatic N) is 3. The van der Waals surface area contributed by atoms with E-state index in [2.05, 4.69) is 15.5 Å². The molecule has 4 rings (SSSR count). The van der Waals surface area contributed by atoms with E-state index in [1.807, 2.05) is 53.4 Å². The Morgan fingerprint density at radius 1 is 1.07 bits per heavy atom. The number of ether oxygens (including phenoxy) is 2. The molecule has 1 fully saturated rings. The first-order valence-electron chi connectivity index (χ1n) is 9.84. The molecule has 8 nitrogen and oxygen atoms in total. The SMILES string of the molecule is COc1ccc(NC(=O)[C@@H]2CCCN(c3nc(-c4ccc(OC)cc4)no3)C2)cc1. The summed E-state index contributed by atoms with van der Waals surface area (Å²) in [5.41, 5.74) is 1.59. The van der Waals surface area contributed by atoms with Gasteiger partial charge in [-0.1, -0.05) is 5.16 Å². The van der Waals surface area contributed by atoms with Crippen LogP contribution < -0.4 is 19.7 Å². The first-order chi connectivity index (χ1) is 14.7. The van der Waals surface area contributed by atoms with Gasteiger partial charge in [0.05, 0.1) is 20.1 Å². The minimum absolute atomic E-state index is 0.0141. The molecule has 1 saturated heterocycles. The maximum atomic E-state index is 12.7. The Bertz CT molecular complexity index is 985. The number of anilines is 2. The Balaban J connectivity index is 1.40. The summed E-state index contributed by atoms with van der Waals surface area (Å²) in [7, 11) is 3.24. The van der Waals surface area contributed by atoms with Gasteiger partial charge < -0.3 is 24.2 Å². The van der Waals surface area contributed by atoms with Crippen LogP contribution >= 0.6 is 0 Å². The van der Waals surface area contributed by atoms with Crippen LogP contribution in [0.3, 0.4) is 0 Å². The van der Waals surface area contributed by atoms with Gasteiger partial charge in [-0.05, 0) is 61.4 Å². The molecule has 1 N–H and O–H groups in total. The van der Waals surface area contributed by atoms with Crippen molar-refractivity contribution in [3.8, 4) is 22.9 Å². The zero-order chi connectivity index (χ0) is 20.9. The lowest BCUT2D eigenvalue weighted by Crippen LogP contribution is -2.41. The number of carbonyl (C=O) groups excluding carboxylic acids is 1. The molecule has 0 spiro atoms.